The monoisotopic (exact) mass is 263 g/mol. The smallest absolute Gasteiger partial charge is 0.465 e. The van der Waals surface area contributed by atoms with Gasteiger partial charge < -0.3 is 9.47 Å². The molecular formula is C10H5F4NO3. The second kappa shape index (κ2) is 4.91. The predicted molar refractivity (Wildman–Crippen MR) is 49.1 cm³/mol. The maximum absolute atomic E-state index is 13.3. The summed E-state index contributed by atoms with van der Waals surface area (Å²) in [5.41, 5.74) is -1.14. The number of nitriles is 1. The first-order valence-corrected chi connectivity index (χ1v) is 4.36. The summed E-state index contributed by atoms with van der Waals surface area (Å²) in [5, 5.41) is 8.60. The summed E-state index contributed by atoms with van der Waals surface area (Å²) < 4.78 is 56.9. The minimum absolute atomic E-state index is 0.388. The maximum Gasteiger partial charge on any atom is 0.573 e. The fourth-order valence-corrected chi connectivity index (χ4v) is 1.13. The van der Waals surface area contributed by atoms with Crippen LogP contribution in [-0.4, -0.2) is 19.4 Å². The quantitative estimate of drug-likeness (QED) is 0.607. The molecule has 0 bridgehead atoms. The lowest BCUT2D eigenvalue weighted by molar-refractivity contribution is -0.275. The molecule has 0 amide bonds. The van der Waals surface area contributed by atoms with Crippen LogP contribution in [0, 0.1) is 17.1 Å². The average Bonchev–Trinajstić information content (AvgIpc) is 2.28. The van der Waals surface area contributed by atoms with Gasteiger partial charge in [0.25, 0.3) is 0 Å². The minimum Gasteiger partial charge on any atom is -0.465 e. The summed E-state index contributed by atoms with van der Waals surface area (Å²) in [6, 6.07) is 2.55. The van der Waals surface area contributed by atoms with Crippen LogP contribution >= 0.6 is 0 Å². The average molecular weight is 263 g/mol. The van der Waals surface area contributed by atoms with Gasteiger partial charge in [0.05, 0.1) is 18.2 Å². The van der Waals surface area contributed by atoms with Crippen molar-refractivity contribution < 1.29 is 31.8 Å². The van der Waals surface area contributed by atoms with Crippen LogP contribution in [0.2, 0.25) is 0 Å². The zero-order valence-corrected chi connectivity index (χ0v) is 8.84. The predicted octanol–water partition coefficient (Wildman–Crippen LogP) is 2.38. The van der Waals surface area contributed by atoms with Gasteiger partial charge in [-0.3, -0.25) is 0 Å². The van der Waals surface area contributed by atoms with E-state index in [0.717, 1.165) is 13.2 Å². The van der Waals surface area contributed by atoms with Crippen molar-refractivity contribution >= 4 is 5.97 Å². The molecule has 4 nitrogen and oxygen atoms in total. The Morgan fingerprint density at radius 3 is 2.44 bits per heavy atom. The van der Waals surface area contributed by atoms with E-state index in [-0.39, 0.29) is 5.56 Å². The molecule has 18 heavy (non-hydrogen) atoms. The van der Waals surface area contributed by atoms with Gasteiger partial charge in [-0.1, -0.05) is 0 Å². The molecule has 0 fully saturated rings. The van der Waals surface area contributed by atoms with Crippen molar-refractivity contribution in [2.75, 3.05) is 7.11 Å². The molecule has 0 saturated heterocycles. The van der Waals surface area contributed by atoms with E-state index >= 15 is 0 Å². The molecule has 1 aromatic rings. The van der Waals surface area contributed by atoms with E-state index in [1.54, 1.807) is 0 Å². The Hall–Kier alpha value is -2.30. The van der Waals surface area contributed by atoms with Gasteiger partial charge >= 0.3 is 12.3 Å². The molecular weight excluding hydrogens is 258 g/mol. The van der Waals surface area contributed by atoms with E-state index in [2.05, 4.69) is 9.47 Å². The van der Waals surface area contributed by atoms with Crippen LogP contribution in [-0.2, 0) is 4.74 Å². The van der Waals surface area contributed by atoms with Crippen LogP contribution in [0.25, 0.3) is 0 Å². The van der Waals surface area contributed by atoms with Gasteiger partial charge in [0.1, 0.15) is 6.07 Å². The molecule has 0 aliphatic heterocycles. The summed E-state index contributed by atoms with van der Waals surface area (Å²) in [7, 11) is 1.01. The standard InChI is InChI=1S/C10H5F4NO3/c1-17-9(16)5-2-6(4-15)8(7(11)3-5)18-10(12,13)14/h2-3H,1H3. The fourth-order valence-electron chi connectivity index (χ4n) is 1.13. The van der Waals surface area contributed by atoms with Gasteiger partial charge in [-0.15, -0.1) is 13.2 Å². The Morgan fingerprint density at radius 1 is 1.39 bits per heavy atom. The molecule has 0 aliphatic rings. The molecule has 0 spiro atoms. The minimum atomic E-state index is -5.14. The van der Waals surface area contributed by atoms with E-state index in [4.69, 9.17) is 5.26 Å². The number of ether oxygens (including phenoxy) is 2. The first-order valence-electron chi connectivity index (χ1n) is 4.36. The number of hydrogen-bond acceptors (Lipinski definition) is 4. The van der Waals surface area contributed by atoms with Crippen molar-refractivity contribution in [3.8, 4) is 11.8 Å². The number of carbonyl (C=O) groups excluding carboxylic acids is 1. The van der Waals surface area contributed by atoms with E-state index in [0.29, 0.717) is 6.07 Å². The number of carbonyl (C=O) groups is 1. The first-order chi connectivity index (χ1) is 8.28. The number of nitrogens with zero attached hydrogens (tertiary/aromatic N) is 1. The van der Waals surface area contributed by atoms with Crippen molar-refractivity contribution in [3.63, 3.8) is 0 Å². The number of methoxy groups -OCH3 is 1. The van der Waals surface area contributed by atoms with Gasteiger partial charge in [-0.05, 0) is 12.1 Å². The highest BCUT2D eigenvalue weighted by atomic mass is 19.4. The molecule has 1 aromatic carbocycles. The zero-order chi connectivity index (χ0) is 13.9. The molecule has 1 rings (SSSR count). The molecule has 0 N–H and O–H groups in total. The van der Waals surface area contributed by atoms with Gasteiger partial charge in [0.15, 0.2) is 11.6 Å². The number of alkyl halides is 3. The molecule has 0 aromatic heterocycles. The molecule has 0 radical (unpaired) electrons. The summed E-state index contributed by atoms with van der Waals surface area (Å²) in [4.78, 5) is 11.1. The summed E-state index contributed by atoms with van der Waals surface area (Å²) in [6.07, 6.45) is -5.14. The third kappa shape index (κ3) is 3.10. The molecule has 0 unspecified atom stereocenters. The second-order valence-electron chi connectivity index (χ2n) is 2.99. The van der Waals surface area contributed by atoms with Crippen molar-refractivity contribution in [3.05, 3.63) is 29.1 Å². The van der Waals surface area contributed by atoms with Crippen molar-refractivity contribution in [2.24, 2.45) is 0 Å². The van der Waals surface area contributed by atoms with Gasteiger partial charge in [0.2, 0.25) is 0 Å². The second-order valence-corrected chi connectivity index (χ2v) is 2.99. The highest BCUT2D eigenvalue weighted by Crippen LogP contribution is 2.30. The molecule has 0 atom stereocenters. The SMILES string of the molecule is COC(=O)c1cc(F)c(OC(F)(F)F)c(C#N)c1. The van der Waals surface area contributed by atoms with Crippen LogP contribution in [0.5, 0.6) is 5.75 Å². The van der Waals surface area contributed by atoms with E-state index in [9.17, 15) is 22.4 Å². The summed E-state index contributed by atoms with van der Waals surface area (Å²) in [6.45, 7) is 0. The molecule has 96 valence electrons. The number of hydrogen-bond donors (Lipinski definition) is 0. The van der Waals surface area contributed by atoms with Crippen molar-refractivity contribution in [1.82, 2.24) is 0 Å². The highest BCUT2D eigenvalue weighted by Gasteiger charge is 2.34. The number of halogens is 4. The van der Waals surface area contributed by atoms with E-state index in [1.165, 1.54) is 6.07 Å². The van der Waals surface area contributed by atoms with Crippen molar-refractivity contribution in [2.45, 2.75) is 6.36 Å². The number of rotatable bonds is 2. The van der Waals surface area contributed by atoms with Crippen LogP contribution < -0.4 is 4.74 Å². The molecule has 0 saturated carbocycles. The first kappa shape index (κ1) is 13.8. The van der Waals surface area contributed by atoms with Crippen molar-refractivity contribution in [1.29, 1.82) is 5.26 Å². The number of benzene rings is 1. The Balaban J connectivity index is 3.30. The zero-order valence-electron chi connectivity index (χ0n) is 8.84. The van der Waals surface area contributed by atoms with E-state index in [1.807, 2.05) is 0 Å². The molecule has 8 heteroatoms. The summed E-state index contributed by atoms with van der Waals surface area (Å²) >= 11 is 0. The number of esters is 1. The van der Waals surface area contributed by atoms with Crippen LogP contribution in [0.3, 0.4) is 0 Å². The third-order valence-corrected chi connectivity index (χ3v) is 1.80. The lowest BCUT2D eigenvalue weighted by atomic mass is 10.1. The summed E-state index contributed by atoms with van der Waals surface area (Å²) in [5.74, 6) is -3.74. The Bertz CT molecular complexity index is 519. The molecule has 0 aliphatic carbocycles. The Labute approximate surface area is 98.3 Å². The lowest BCUT2D eigenvalue weighted by Gasteiger charge is -2.11. The van der Waals surface area contributed by atoms with Gasteiger partial charge in [0, 0.05) is 0 Å². The van der Waals surface area contributed by atoms with Gasteiger partial charge in [-0.2, -0.15) is 5.26 Å². The van der Waals surface area contributed by atoms with Gasteiger partial charge in [-0.25, -0.2) is 9.18 Å². The highest BCUT2D eigenvalue weighted by molar-refractivity contribution is 5.90. The van der Waals surface area contributed by atoms with Crippen LogP contribution in [0.4, 0.5) is 17.6 Å². The van der Waals surface area contributed by atoms with Crippen LogP contribution in [0.15, 0.2) is 12.1 Å². The largest absolute Gasteiger partial charge is 0.573 e. The maximum atomic E-state index is 13.3. The Kier molecular flexibility index (Phi) is 3.76. The fraction of sp³-hybridized carbons (Fsp3) is 0.200. The normalized spacial score (nSPS) is 10.7. The Morgan fingerprint density at radius 2 is 2.00 bits per heavy atom. The van der Waals surface area contributed by atoms with E-state index < -0.39 is 29.5 Å². The topological polar surface area (TPSA) is 59.3 Å². The lowest BCUT2D eigenvalue weighted by Crippen LogP contribution is -2.19. The molecule has 0 heterocycles. The third-order valence-electron chi connectivity index (χ3n) is 1.80. The van der Waals surface area contributed by atoms with Crippen LogP contribution in [0.1, 0.15) is 15.9 Å².